The molecule has 0 spiro atoms. The van der Waals surface area contributed by atoms with Gasteiger partial charge in [-0.05, 0) is 56.5 Å². The number of anilines is 1. The third-order valence-electron chi connectivity index (χ3n) is 5.85. The molecule has 1 aliphatic rings. The molecular formula is C26H29BrN4O2S. The molecule has 1 N–H and O–H groups in total. The Balaban J connectivity index is 1.76. The number of carbonyl (C=O) groups is 1. The number of halogens is 1. The maximum atomic E-state index is 12.8. The Hall–Kier alpha value is -2.58. The topological polar surface area (TPSA) is 69.0 Å². The number of allylic oxidation sites excluding steroid dienone is 2. The van der Waals surface area contributed by atoms with E-state index in [1.54, 1.807) is 18.7 Å². The van der Waals surface area contributed by atoms with Crippen LogP contribution in [0, 0.1) is 6.92 Å². The number of aryl methyl sites for hydroxylation is 1. The molecule has 178 valence electrons. The first-order chi connectivity index (χ1) is 16.4. The van der Waals surface area contributed by atoms with Gasteiger partial charge < -0.3 is 10.1 Å². The summed E-state index contributed by atoms with van der Waals surface area (Å²) in [6, 6.07) is 13.7. The lowest BCUT2D eigenvalue weighted by atomic mass is 9.92. The largest absolute Gasteiger partial charge is 0.489 e. The summed E-state index contributed by atoms with van der Waals surface area (Å²) in [6.07, 6.45) is 2.22. The van der Waals surface area contributed by atoms with E-state index in [0.717, 1.165) is 39.9 Å². The lowest BCUT2D eigenvalue weighted by molar-refractivity contribution is -0.114. The van der Waals surface area contributed by atoms with Crippen LogP contribution in [0.15, 0.2) is 63.4 Å². The molecule has 0 radical (unpaired) electrons. The lowest BCUT2D eigenvalue weighted by Gasteiger charge is -2.29. The minimum Gasteiger partial charge on any atom is -0.489 e. The number of benzene rings is 2. The van der Waals surface area contributed by atoms with Crippen molar-refractivity contribution in [2.45, 2.75) is 58.3 Å². The van der Waals surface area contributed by atoms with Gasteiger partial charge in [0.15, 0.2) is 5.78 Å². The molecule has 2 heterocycles. The van der Waals surface area contributed by atoms with Crippen molar-refractivity contribution in [3.05, 3.63) is 74.9 Å². The summed E-state index contributed by atoms with van der Waals surface area (Å²) in [5.41, 5.74) is 4.60. The monoisotopic (exact) mass is 540 g/mol. The van der Waals surface area contributed by atoms with Crippen LogP contribution in [-0.4, -0.2) is 26.3 Å². The molecule has 2 aromatic carbocycles. The minimum atomic E-state index is -0.439. The van der Waals surface area contributed by atoms with E-state index in [1.807, 2.05) is 41.9 Å². The van der Waals surface area contributed by atoms with Crippen molar-refractivity contribution in [1.29, 1.82) is 0 Å². The Morgan fingerprint density at radius 3 is 2.76 bits per heavy atom. The van der Waals surface area contributed by atoms with Crippen LogP contribution < -0.4 is 10.1 Å². The highest BCUT2D eigenvalue weighted by Gasteiger charge is 2.34. The molecule has 1 aliphatic heterocycles. The van der Waals surface area contributed by atoms with Crippen molar-refractivity contribution in [2.75, 3.05) is 11.1 Å². The molecule has 0 saturated heterocycles. The van der Waals surface area contributed by atoms with E-state index in [1.165, 1.54) is 5.56 Å². The standard InChI is InChI=1S/C26H29BrN4O2S/c1-5-6-13-34-26-29-25-28-17(3)23(18(4)32)24(31(25)30-26)21-14-20(27)11-12-22(21)33-15-19-10-8-7-9-16(19)2/h7-12,14,24H,5-6,13,15H2,1-4H3,(H,28,29,30). The van der Waals surface area contributed by atoms with Crippen LogP contribution in [0.4, 0.5) is 5.95 Å². The number of ether oxygens (including phenoxy) is 1. The molecular weight excluding hydrogens is 512 g/mol. The number of thioether (sulfide) groups is 1. The fraction of sp³-hybridized carbons (Fsp3) is 0.346. The Bertz CT molecular complexity index is 1240. The normalized spacial score (nSPS) is 15.1. The number of nitrogens with one attached hydrogen (secondary N) is 1. The smallest absolute Gasteiger partial charge is 0.227 e. The number of hydrogen-bond acceptors (Lipinski definition) is 6. The van der Waals surface area contributed by atoms with Crippen LogP contribution >= 0.6 is 27.7 Å². The molecule has 0 fully saturated rings. The average Bonchev–Trinajstić information content (AvgIpc) is 3.20. The van der Waals surface area contributed by atoms with Crippen LogP contribution in [0.1, 0.15) is 56.3 Å². The first-order valence-electron chi connectivity index (χ1n) is 11.4. The Labute approximate surface area is 213 Å². The zero-order valence-electron chi connectivity index (χ0n) is 19.9. The second-order valence-corrected chi connectivity index (χ2v) is 10.4. The maximum Gasteiger partial charge on any atom is 0.227 e. The van der Waals surface area contributed by atoms with Gasteiger partial charge in [0.25, 0.3) is 0 Å². The number of fused-ring (bicyclic) bond motifs is 1. The zero-order valence-corrected chi connectivity index (χ0v) is 22.3. The molecule has 1 unspecified atom stereocenters. The number of rotatable bonds is 9. The molecule has 0 saturated carbocycles. The van der Waals surface area contributed by atoms with E-state index in [-0.39, 0.29) is 5.78 Å². The molecule has 6 nitrogen and oxygen atoms in total. The van der Waals surface area contributed by atoms with Gasteiger partial charge in [-0.3, -0.25) is 4.79 Å². The maximum absolute atomic E-state index is 12.8. The average molecular weight is 542 g/mol. The highest BCUT2D eigenvalue weighted by atomic mass is 79.9. The van der Waals surface area contributed by atoms with Gasteiger partial charge >= 0.3 is 0 Å². The summed E-state index contributed by atoms with van der Waals surface area (Å²) < 4.78 is 9.06. The Morgan fingerprint density at radius 1 is 1.24 bits per heavy atom. The van der Waals surface area contributed by atoms with E-state index < -0.39 is 6.04 Å². The van der Waals surface area contributed by atoms with E-state index in [0.29, 0.717) is 29.0 Å². The number of ketones is 1. The SMILES string of the molecule is CCCCSc1nc2n(n1)C(c1cc(Br)ccc1OCc1ccccc1C)C(C(C)=O)=C(C)N2. The molecule has 1 aromatic heterocycles. The Kier molecular flexibility index (Phi) is 7.78. The third-order valence-corrected chi connectivity index (χ3v) is 7.27. The van der Waals surface area contributed by atoms with Crippen molar-refractivity contribution >= 4 is 39.4 Å². The number of aromatic nitrogens is 3. The van der Waals surface area contributed by atoms with E-state index in [2.05, 4.69) is 47.2 Å². The molecule has 1 atom stereocenters. The van der Waals surface area contributed by atoms with E-state index >= 15 is 0 Å². The summed E-state index contributed by atoms with van der Waals surface area (Å²) in [6.45, 7) is 8.19. The van der Waals surface area contributed by atoms with Gasteiger partial charge in [-0.15, -0.1) is 5.10 Å². The van der Waals surface area contributed by atoms with Crippen LogP contribution in [0.2, 0.25) is 0 Å². The van der Waals surface area contributed by atoms with E-state index in [9.17, 15) is 4.79 Å². The fourth-order valence-electron chi connectivity index (χ4n) is 4.04. The predicted octanol–water partition coefficient (Wildman–Crippen LogP) is 6.70. The minimum absolute atomic E-state index is 0.0128. The van der Waals surface area contributed by atoms with Gasteiger partial charge in [-0.25, -0.2) is 4.68 Å². The second-order valence-electron chi connectivity index (χ2n) is 8.38. The van der Waals surface area contributed by atoms with Gasteiger partial charge in [-0.2, -0.15) is 4.98 Å². The summed E-state index contributed by atoms with van der Waals surface area (Å²) >= 11 is 5.24. The lowest BCUT2D eigenvalue weighted by Crippen LogP contribution is -2.28. The molecule has 4 rings (SSSR count). The number of hydrogen-bond donors (Lipinski definition) is 1. The summed E-state index contributed by atoms with van der Waals surface area (Å²) in [4.78, 5) is 17.5. The summed E-state index contributed by atoms with van der Waals surface area (Å²) in [5.74, 6) is 2.29. The van der Waals surface area contributed by atoms with E-state index in [4.69, 9.17) is 14.8 Å². The predicted molar refractivity (Wildman–Crippen MR) is 140 cm³/mol. The van der Waals surface area contributed by atoms with Crippen molar-refractivity contribution in [1.82, 2.24) is 14.8 Å². The van der Waals surface area contributed by atoms with Gasteiger partial charge in [-0.1, -0.05) is 65.3 Å². The molecule has 3 aromatic rings. The second kappa shape index (κ2) is 10.8. The van der Waals surface area contributed by atoms with Crippen molar-refractivity contribution in [3.8, 4) is 5.75 Å². The zero-order chi connectivity index (χ0) is 24.2. The van der Waals surface area contributed by atoms with Crippen molar-refractivity contribution < 1.29 is 9.53 Å². The van der Waals surface area contributed by atoms with Gasteiger partial charge in [0.1, 0.15) is 18.4 Å². The first kappa shape index (κ1) is 24.5. The van der Waals surface area contributed by atoms with Crippen LogP contribution in [0.3, 0.4) is 0 Å². The molecule has 0 aliphatic carbocycles. The van der Waals surface area contributed by atoms with Gasteiger partial charge in [0, 0.05) is 27.1 Å². The quantitative estimate of drug-likeness (QED) is 0.240. The van der Waals surface area contributed by atoms with Crippen LogP contribution in [0.25, 0.3) is 0 Å². The first-order valence-corrected chi connectivity index (χ1v) is 13.2. The third kappa shape index (κ3) is 5.23. The van der Waals surface area contributed by atoms with Crippen LogP contribution in [0.5, 0.6) is 5.75 Å². The highest BCUT2D eigenvalue weighted by Crippen LogP contribution is 2.41. The van der Waals surface area contributed by atoms with Crippen molar-refractivity contribution in [2.24, 2.45) is 0 Å². The molecule has 8 heteroatoms. The summed E-state index contributed by atoms with van der Waals surface area (Å²) in [7, 11) is 0. The number of unbranched alkanes of at least 4 members (excludes halogenated alkanes) is 1. The summed E-state index contributed by atoms with van der Waals surface area (Å²) in [5, 5.41) is 8.79. The highest BCUT2D eigenvalue weighted by molar-refractivity contribution is 9.10. The van der Waals surface area contributed by atoms with Crippen LogP contribution in [-0.2, 0) is 11.4 Å². The van der Waals surface area contributed by atoms with Gasteiger partial charge in [0.2, 0.25) is 11.1 Å². The number of Topliss-reactive ketones (excluding diaryl/α,β-unsaturated/α-hetero) is 1. The van der Waals surface area contributed by atoms with Crippen molar-refractivity contribution in [3.63, 3.8) is 0 Å². The Morgan fingerprint density at radius 2 is 2.03 bits per heavy atom. The molecule has 0 bridgehead atoms. The number of nitrogens with zero attached hydrogens (tertiary/aromatic N) is 3. The molecule has 0 amide bonds. The van der Waals surface area contributed by atoms with Gasteiger partial charge in [0.05, 0.1) is 0 Å². The fourth-order valence-corrected chi connectivity index (χ4v) is 5.33. The number of carbonyl (C=O) groups excluding carboxylic acids is 1. The molecule has 34 heavy (non-hydrogen) atoms.